The Balaban J connectivity index is 1.48. The lowest BCUT2D eigenvalue weighted by atomic mass is 9.98. The van der Waals surface area contributed by atoms with Crippen LogP contribution in [0.3, 0.4) is 0 Å². The zero-order chi connectivity index (χ0) is 20.0. The molecule has 7 heteroatoms. The summed E-state index contributed by atoms with van der Waals surface area (Å²) in [4.78, 5) is 19.0. The Morgan fingerprint density at radius 2 is 1.90 bits per heavy atom. The van der Waals surface area contributed by atoms with E-state index in [9.17, 15) is 4.79 Å². The second-order valence-corrected chi connectivity index (χ2v) is 8.13. The van der Waals surface area contributed by atoms with E-state index in [0.29, 0.717) is 12.5 Å². The third kappa shape index (κ3) is 3.46. The molecule has 0 aliphatic carbocycles. The minimum atomic E-state index is -0.0246. The van der Waals surface area contributed by atoms with E-state index in [4.69, 9.17) is 4.74 Å². The Labute approximate surface area is 169 Å². The zero-order valence-electron chi connectivity index (χ0n) is 16.8. The van der Waals surface area contributed by atoms with Crippen molar-refractivity contribution < 1.29 is 9.53 Å². The van der Waals surface area contributed by atoms with Crippen molar-refractivity contribution in [3.63, 3.8) is 0 Å². The summed E-state index contributed by atoms with van der Waals surface area (Å²) in [6.45, 7) is 6.97. The molecule has 2 aromatic heterocycles. The average molecular weight is 391 g/mol. The molecule has 0 atom stereocenters. The van der Waals surface area contributed by atoms with Crippen molar-refractivity contribution in [1.29, 1.82) is 0 Å². The number of ether oxygens (including phenoxy) is 1. The molecule has 4 heterocycles. The van der Waals surface area contributed by atoms with Crippen molar-refractivity contribution in [3.8, 4) is 11.3 Å². The van der Waals surface area contributed by atoms with E-state index < -0.39 is 0 Å². The van der Waals surface area contributed by atoms with E-state index in [0.717, 1.165) is 77.4 Å². The molecule has 1 aromatic carbocycles. The minimum Gasteiger partial charge on any atom is -0.381 e. The maximum Gasteiger partial charge on any atom is 0.322 e. The maximum atomic E-state index is 12.6. The van der Waals surface area contributed by atoms with Gasteiger partial charge in [-0.05, 0) is 62.4 Å². The second-order valence-electron chi connectivity index (χ2n) is 8.13. The molecule has 2 aliphatic heterocycles. The van der Waals surface area contributed by atoms with Crippen LogP contribution >= 0.6 is 0 Å². The van der Waals surface area contributed by atoms with Crippen LogP contribution < -0.4 is 5.32 Å². The number of rotatable bonds is 3. The molecule has 2 aliphatic rings. The molecule has 0 bridgehead atoms. The largest absolute Gasteiger partial charge is 0.381 e. The van der Waals surface area contributed by atoms with Crippen molar-refractivity contribution in [2.75, 3.05) is 25.1 Å². The van der Waals surface area contributed by atoms with Crippen LogP contribution in [0, 0.1) is 19.8 Å². The number of nitrogens with zero attached hydrogens (tertiary/aromatic N) is 3. The van der Waals surface area contributed by atoms with Crippen LogP contribution in [-0.4, -0.2) is 45.9 Å². The highest BCUT2D eigenvalue weighted by Gasteiger charge is 2.27. The molecular weight excluding hydrogens is 366 g/mol. The monoisotopic (exact) mass is 391 g/mol. The number of nitrogens with one attached hydrogen (secondary N) is 2. The number of anilines is 1. The van der Waals surface area contributed by atoms with Gasteiger partial charge in [-0.3, -0.25) is 10.1 Å². The van der Waals surface area contributed by atoms with Gasteiger partial charge in [-0.2, -0.15) is 5.10 Å². The molecular formula is C22H25N5O2. The number of urea groups is 1. The van der Waals surface area contributed by atoms with Crippen LogP contribution in [0.2, 0.25) is 0 Å². The first-order valence-corrected chi connectivity index (χ1v) is 10.2. The van der Waals surface area contributed by atoms with Gasteiger partial charge < -0.3 is 15.0 Å². The van der Waals surface area contributed by atoms with Gasteiger partial charge in [0.1, 0.15) is 5.69 Å². The first-order chi connectivity index (χ1) is 14.1. The maximum absolute atomic E-state index is 12.6. The molecule has 29 heavy (non-hydrogen) atoms. The Bertz CT molecular complexity index is 1060. The highest BCUT2D eigenvalue weighted by atomic mass is 16.5. The fraction of sp³-hybridized carbons (Fsp3) is 0.409. The molecule has 0 radical (unpaired) electrons. The number of hydrogen-bond donors (Lipinski definition) is 2. The molecule has 2 N–H and O–H groups in total. The van der Waals surface area contributed by atoms with Gasteiger partial charge in [0.2, 0.25) is 0 Å². The van der Waals surface area contributed by atoms with Crippen molar-refractivity contribution in [2.45, 2.75) is 33.2 Å². The van der Waals surface area contributed by atoms with Crippen LogP contribution in [-0.2, 0) is 11.3 Å². The molecule has 1 fully saturated rings. The van der Waals surface area contributed by atoms with E-state index >= 15 is 0 Å². The lowest BCUT2D eigenvalue weighted by Gasteiger charge is -2.33. The van der Waals surface area contributed by atoms with Gasteiger partial charge in [0.25, 0.3) is 0 Å². The van der Waals surface area contributed by atoms with Crippen LogP contribution in [0.1, 0.15) is 29.8 Å². The summed E-state index contributed by atoms with van der Waals surface area (Å²) >= 11 is 0. The molecule has 0 spiro atoms. The number of amides is 2. The fourth-order valence-electron chi connectivity index (χ4n) is 4.41. The average Bonchev–Trinajstić information content (AvgIpc) is 3.10. The number of pyridine rings is 1. The van der Waals surface area contributed by atoms with Crippen molar-refractivity contribution in [2.24, 2.45) is 5.92 Å². The van der Waals surface area contributed by atoms with Gasteiger partial charge in [-0.15, -0.1) is 0 Å². The summed E-state index contributed by atoms with van der Waals surface area (Å²) in [6.07, 6.45) is 2.03. The predicted octanol–water partition coefficient (Wildman–Crippen LogP) is 4.02. The van der Waals surface area contributed by atoms with Crippen LogP contribution in [0.4, 0.5) is 10.5 Å². The fourth-order valence-corrected chi connectivity index (χ4v) is 4.41. The van der Waals surface area contributed by atoms with Gasteiger partial charge in [-0.25, -0.2) is 4.79 Å². The topological polar surface area (TPSA) is 83.1 Å². The molecule has 150 valence electrons. The van der Waals surface area contributed by atoms with Crippen molar-refractivity contribution in [1.82, 2.24) is 20.1 Å². The number of carbonyl (C=O) groups is 1. The van der Waals surface area contributed by atoms with E-state index in [1.165, 1.54) is 0 Å². The number of hydrogen-bond acceptors (Lipinski definition) is 4. The Morgan fingerprint density at radius 3 is 2.66 bits per heavy atom. The number of aromatic nitrogens is 3. The lowest BCUT2D eigenvalue weighted by Crippen LogP contribution is -2.42. The first kappa shape index (κ1) is 18.1. The van der Waals surface area contributed by atoms with E-state index in [-0.39, 0.29) is 6.03 Å². The van der Waals surface area contributed by atoms with Crippen LogP contribution in [0.5, 0.6) is 0 Å². The van der Waals surface area contributed by atoms with Crippen LogP contribution in [0.15, 0.2) is 24.3 Å². The third-order valence-corrected chi connectivity index (χ3v) is 5.85. The summed E-state index contributed by atoms with van der Waals surface area (Å²) in [5.41, 5.74) is 6.83. The molecule has 0 saturated carbocycles. The first-order valence-electron chi connectivity index (χ1n) is 10.2. The van der Waals surface area contributed by atoms with E-state index in [1.807, 2.05) is 24.8 Å². The van der Waals surface area contributed by atoms with Gasteiger partial charge in [-0.1, -0.05) is 0 Å². The third-order valence-electron chi connectivity index (χ3n) is 5.85. The van der Waals surface area contributed by atoms with Crippen LogP contribution in [0.25, 0.3) is 22.2 Å². The molecule has 1 saturated heterocycles. The summed E-state index contributed by atoms with van der Waals surface area (Å²) in [7, 11) is 0. The highest BCUT2D eigenvalue weighted by Crippen LogP contribution is 2.34. The standard InChI is InChI=1S/C22H25N5O2/c1-13-7-16(8-14(2)23-13)21-18-9-17-12-27(11-15-3-5-29-6-4-15)22(28)24-19(17)10-20(18)25-26-21/h7-10,15H,3-6,11-12H2,1-2H3,(H,24,28)(H,25,26). The summed E-state index contributed by atoms with van der Waals surface area (Å²) < 4.78 is 5.45. The highest BCUT2D eigenvalue weighted by molar-refractivity contribution is 6.00. The van der Waals surface area contributed by atoms with Gasteiger partial charge in [0.15, 0.2) is 0 Å². The minimum absolute atomic E-state index is 0.0246. The normalized spacial score (nSPS) is 17.4. The number of H-pyrrole nitrogens is 1. The second kappa shape index (κ2) is 7.15. The quantitative estimate of drug-likeness (QED) is 0.706. The number of fused-ring (bicyclic) bond motifs is 2. The molecule has 5 rings (SSSR count). The van der Waals surface area contributed by atoms with Gasteiger partial charge in [0, 0.05) is 54.3 Å². The number of aryl methyl sites for hydroxylation is 2. The number of carbonyl (C=O) groups excluding carboxylic acids is 1. The molecule has 7 nitrogen and oxygen atoms in total. The molecule has 3 aromatic rings. The van der Waals surface area contributed by atoms with Gasteiger partial charge in [0.05, 0.1) is 5.52 Å². The zero-order valence-corrected chi connectivity index (χ0v) is 16.8. The summed E-state index contributed by atoms with van der Waals surface area (Å²) in [6, 6.07) is 8.24. The van der Waals surface area contributed by atoms with Gasteiger partial charge >= 0.3 is 6.03 Å². The Hall–Kier alpha value is -2.93. The predicted molar refractivity (Wildman–Crippen MR) is 112 cm³/mol. The summed E-state index contributed by atoms with van der Waals surface area (Å²) in [5, 5.41) is 11.8. The number of aromatic amines is 1. The van der Waals surface area contributed by atoms with E-state index in [1.54, 1.807) is 0 Å². The molecule has 2 amide bonds. The SMILES string of the molecule is Cc1cc(-c2n[nH]c3cc4c(cc23)CN(CC2CCOCC2)C(=O)N4)cc(C)n1. The van der Waals surface area contributed by atoms with Crippen molar-refractivity contribution >= 4 is 22.6 Å². The number of benzene rings is 1. The van der Waals surface area contributed by atoms with E-state index in [2.05, 4.69) is 38.7 Å². The molecule has 0 unspecified atom stereocenters. The lowest BCUT2D eigenvalue weighted by molar-refractivity contribution is 0.0562. The summed E-state index contributed by atoms with van der Waals surface area (Å²) in [5.74, 6) is 0.507. The Morgan fingerprint density at radius 1 is 1.14 bits per heavy atom. The Kier molecular flexibility index (Phi) is 4.47. The van der Waals surface area contributed by atoms with Crippen molar-refractivity contribution in [3.05, 3.63) is 41.2 Å². The smallest absolute Gasteiger partial charge is 0.322 e.